The second-order valence-electron chi connectivity index (χ2n) is 3.82. The van der Waals surface area contributed by atoms with Crippen LogP contribution in [-0.4, -0.2) is 25.0 Å². The zero-order chi connectivity index (χ0) is 13.0. The van der Waals surface area contributed by atoms with Gasteiger partial charge in [-0.05, 0) is 33.3 Å². The Labute approximate surface area is 112 Å². The number of rotatable bonds is 4. The van der Waals surface area contributed by atoms with Gasteiger partial charge in [-0.3, -0.25) is 4.79 Å². The highest BCUT2D eigenvalue weighted by molar-refractivity contribution is 9.10. The average molecular weight is 320 g/mol. The minimum Gasteiger partial charge on any atom is -0.467 e. The summed E-state index contributed by atoms with van der Waals surface area (Å²) in [6, 6.07) is 1.17. The van der Waals surface area contributed by atoms with Gasteiger partial charge in [0.1, 0.15) is 10.9 Å². The molecule has 17 heavy (non-hydrogen) atoms. The SMILES string of the molecule is COC(=O)[C@@H](NC(=O)c1sccc1Br)C(C)C. The first-order valence-electron chi connectivity index (χ1n) is 5.09. The molecule has 1 aromatic heterocycles. The predicted molar refractivity (Wildman–Crippen MR) is 70.1 cm³/mol. The molecular weight excluding hydrogens is 306 g/mol. The van der Waals surface area contributed by atoms with Crippen LogP contribution in [0.1, 0.15) is 23.5 Å². The van der Waals surface area contributed by atoms with Crippen molar-refractivity contribution in [2.24, 2.45) is 5.92 Å². The second-order valence-corrected chi connectivity index (χ2v) is 5.59. The quantitative estimate of drug-likeness (QED) is 0.867. The minimum absolute atomic E-state index is 0.0230. The zero-order valence-corrected chi connectivity index (χ0v) is 12.2. The van der Waals surface area contributed by atoms with Crippen molar-refractivity contribution in [2.45, 2.75) is 19.9 Å². The molecule has 0 bridgehead atoms. The van der Waals surface area contributed by atoms with Crippen LogP contribution < -0.4 is 5.32 Å². The summed E-state index contributed by atoms with van der Waals surface area (Å²) in [7, 11) is 1.31. The molecule has 1 amide bonds. The van der Waals surface area contributed by atoms with Crippen molar-refractivity contribution in [3.05, 3.63) is 20.8 Å². The molecule has 0 fully saturated rings. The number of hydrogen-bond acceptors (Lipinski definition) is 4. The predicted octanol–water partition coefficient (Wildman–Crippen LogP) is 2.44. The fourth-order valence-electron chi connectivity index (χ4n) is 1.29. The molecule has 94 valence electrons. The molecule has 4 nitrogen and oxygen atoms in total. The van der Waals surface area contributed by atoms with Crippen molar-refractivity contribution in [3.63, 3.8) is 0 Å². The van der Waals surface area contributed by atoms with Crippen molar-refractivity contribution in [3.8, 4) is 0 Å². The first kappa shape index (κ1) is 14.2. The lowest BCUT2D eigenvalue weighted by Gasteiger charge is -2.19. The summed E-state index contributed by atoms with van der Waals surface area (Å²) >= 11 is 4.60. The van der Waals surface area contributed by atoms with Gasteiger partial charge in [-0.15, -0.1) is 11.3 Å². The van der Waals surface area contributed by atoms with E-state index < -0.39 is 12.0 Å². The van der Waals surface area contributed by atoms with Crippen molar-refractivity contribution < 1.29 is 14.3 Å². The number of nitrogens with one attached hydrogen (secondary N) is 1. The van der Waals surface area contributed by atoms with Crippen LogP contribution in [0.25, 0.3) is 0 Å². The Morgan fingerprint density at radius 3 is 2.53 bits per heavy atom. The number of halogens is 1. The van der Waals surface area contributed by atoms with Crippen LogP contribution in [0, 0.1) is 5.92 Å². The van der Waals surface area contributed by atoms with E-state index in [0.717, 1.165) is 4.47 Å². The molecule has 6 heteroatoms. The minimum atomic E-state index is -0.624. The molecular formula is C11H14BrNO3S. The van der Waals surface area contributed by atoms with Gasteiger partial charge in [-0.25, -0.2) is 4.79 Å². The molecule has 1 rings (SSSR count). The smallest absolute Gasteiger partial charge is 0.328 e. The first-order valence-corrected chi connectivity index (χ1v) is 6.76. The number of methoxy groups -OCH3 is 1. The van der Waals surface area contributed by atoms with E-state index in [1.165, 1.54) is 18.4 Å². The van der Waals surface area contributed by atoms with Crippen LogP contribution in [0.3, 0.4) is 0 Å². The third-order valence-electron chi connectivity index (χ3n) is 2.23. The van der Waals surface area contributed by atoms with E-state index in [1.807, 2.05) is 19.2 Å². The monoisotopic (exact) mass is 319 g/mol. The van der Waals surface area contributed by atoms with Gasteiger partial charge in [-0.1, -0.05) is 13.8 Å². The van der Waals surface area contributed by atoms with Crippen molar-refractivity contribution >= 4 is 39.1 Å². The van der Waals surface area contributed by atoms with Gasteiger partial charge >= 0.3 is 5.97 Å². The molecule has 1 aromatic rings. The summed E-state index contributed by atoms with van der Waals surface area (Å²) in [5.74, 6) is -0.720. The van der Waals surface area contributed by atoms with E-state index in [9.17, 15) is 9.59 Å². The lowest BCUT2D eigenvalue weighted by atomic mass is 10.0. The highest BCUT2D eigenvalue weighted by Gasteiger charge is 2.26. The summed E-state index contributed by atoms with van der Waals surface area (Å²) in [5, 5.41) is 4.48. The van der Waals surface area contributed by atoms with E-state index in [-0.39, 0.29) is 11.8 Å². The second kappa shape index (κ2) is 6.16. The molecule has 0 unspecified atom stereocenters. The van der Waals surface area contributed by atoms with Gasteiger partial charge in [0.25, 0.3) is 5.91 Å². The largest absolute Gasteiger partial charge is 0.467 e. The van der Waals surface area contributed by atoms with E-state index in [1.54, 1.807) is 6.07 Å². The van der Waals surface area contributed by atoms with Crippen LogP contribution in [0.5, 0.6) is 0 Å². The number of esters is 1. The Bertz CT molecular complexity index is 417. The van der Waals surface area contributed by atoms with Crippen molar-refractivity contribution in [2.75, 3.05) is 7.11 Å². The molecule has 0 saturated heterocycles. The fourth-order valence-corrected chi connectivity index (χ4v) is 2.74. The van der Waals surface area contributed by atoms with Gasteiger partial charge < -0.3 is 10.1 Å². The first-order chi connectivity index (χ1) is 7.97. The molecule has 1 N–H and O–H groups in total. The normalized spacial score (nSPS) is 12.3. The summed E-state index contributed by atoms with van der Waals surface area (Å²) in [5.41, 5.74) is 0. The summed E-state index contributed by atoms with van der Waals surface area (Å²) in [4.78, 5) is 24.0. The number of amides is 1. The van der Waals surface area contributed by atoms with Gasteiger partial charge in [0, 0.05) is 4.47 Å². The number of ether oxygens (including phenoxy) is 1. The van der Waals surface area contributed by atoms with Crippen LogP contribution >= 0.6 is 27.3 Å². The highest BCUT2D eigenvalue weighted by atomic mass is 79.9. The van der Waals surface area contributed by atoms with Crippen LogP contribution in [-0.2, 0) is 9.53 Å². The fraction of sp³-hybridized carbons (Fsp3) is 0.455. The molecule has 0 aliphatic carbocycles. The molecule has 1 heterocycles. The summed E-state index contributed by atoms with van der Waals surface area (Å²) < 4.78 is 5.39. The Balaban J connectivity index is 2.78. The number of carbonyl (C=O) groups is 2. The lowest BCUT2D eigenvalue weighted by molar-refractivity contribution is -0.144. The maximum absolute atomic E-state index is 11.9. The molecule has 0 saturated carbocycles. The molecule has 0 aromatic carbocycles. The zero-order valence-electron chi connectivity index (χ0n) is 9.82. The van der Waals surface area contributed by atoms with Gasteiger partial charge in [0.2, 0.25) is 0 Å². The summed E-state index contributed by atoms with van der Waals surface area (Å²) in [6.07, 6.45) is 0. The van der Waals surface area contributed by atoms with Gasteiger partial charge in [0.15, 0.2) is 0 Å². The van der Waals surface area contributed by atoms with E-state index in [0.29, 0.717) is 4.88 Å². The van der Waals surface area contributed by atoms with Gasteiger partial charge in [0.05, 0.1) is 7.11 Å². The van der Waals surface area contributed by atoms with E-state index in [2.05, 4.69) is 26.0 Å². The molecule has 0 spiro atoms. The maximum atomic E-state index is 11.9. The van der Waals surface area contributed by atoms with E-state index >= 15 is 0 Å². The van der Waals surface area contributed by atoms with Crippen LogP contribution in [0.2, 0.25) is 0 Å². The Morgan fingerprint density at radius 1 is 1.47 bits per heavy atom. The molecule has 0 radical (unpaired) electrons. The third kappa shape index (κ3) is 3.54. The Kier molecular flexibility index (Phi) is 5.14. The lowest BCUT2D eigenvalue weighted by Crippen LogP contribution is -2.44. The van der Waals surface area contributed by atoms with Gasteiger partial charge in [-0.2, -0.15) is 0 Å². The number of thiophene rings is 1. The molecule has 1 atom stereocenters. The topological polar surface area (TPSA) is 55.4 Å². The molecule has 0 aliphatic rings. The van der Waals surface area contributed by atoms with Crippen LogP contribution in [0.15, 0.2) is 15.9 Å². The standard InChI is InChI=1S/C11H14BrNO3S/c1-6(2)8(11(15)16-3)13-10(14)9-7(12)4-5-17-9/h4-6,8H,1-3H3,(H,13,14)/t8-/m0/s1. The van der Waals surface area contributed by atoms with Crippen molar-refractivity contribution in [1.82, 2.24) is 5.32 Å². The summed E-state index contributed by atoms with van der Waals surface area (Å²) in [6.45, 7) is 3.71. The Morgan fingerprint density at radius 2 is 2.12 bits per heavy atom. The van der Waals surface area contributed by atoms with E-state index in [4.69, 9.17) is 0 Å². The Hall–Kier alpha value is -0.880. The highest BCUT2D eigenvalue weighted by Crippen LogP contribution is 2.22. The molecule has 0 aliphatic heterocycles. The third-order valence-corrected chi connectivity index (χ3v) is 4.07. The van der Waals surface area contributed by atoms with Crippen molar-refractivity contribution in [1.29, 1.82) is 0 Å². The number of carbonyl (C=O) groups excluding carboxylic acids is 2. The number of hydrogen-bond donors (Lipinski definition) is 1. The maximum Gasteiger partial charge on any atom is 0.328 e. The average Bonchev–Trinajstić information content (AvgIpc) is 2.70. The van der Waals surface area contributed by atoms with Crippen LogP contribution in [0.4, 0.5) is 0 Å².